The minimum absolute atomic E-state index is 0.168. The van der Waals surface area contributed by atoms with Gasteiger partial charge in [-0.3, -0.25) is 0 Å². The second-order valence-electron chi connectivity index (χ2n) is 15.9. The zero-order chi connectivity index (χ0) is 41.9. The molecule has 12 rings (SSSR count). The molecule has 0 N–H and O–H groups in total. The fourth-order valence-corrected chi connectivity index (χ4v) is 10.0. The van der Waals surface area contributed by atoms with E-state index in [0.717, 1.165) is 92.8 Å². The van der Waals surface area contributed by atoms with Crippen molar-refractivity contribution >= 4 is 215 Å². The van der Waals surface area contributed by atoms with E-state index in [9.17, 15) is 0 Å². The van der Waals surface area contributed by atoms with Crippen LogP contribution in [0, 0.1) is 0 Å². The maximum atomic E-state index is 6.75. The van der Waals surface area contributed by atoms with Crippen LogP contribution in [0.25, 0.3) is 104 Å². The number of aromatic nitrogens is 3. The Kier molecular flexibility index (Phi) is 7.61. The van der Waals surface area contributed by atoms with Gasteiger partial charge in [0.2, 0.25) is 0 Å². The lowest BCUT2D eigenvalue weighted by Crippen LogP contribution is -2.56. The van der Waals surface area contributed by atoms with E-state index in [2.05, 4.69) is 93.9 Å². The second-order valence-corrected chi connectivity index (χ2v) is 15.9. The molecule has 3 nitrogen and oxygen atoms in total. The molecule has 0 unspecified atom stereocenters. The molecular weight excluding hydrogens is 727 g/mol. The topological polar surface area (TPSA) is 14.3 Å². The number of rotatable bonds is 3. The smallest absolute Gasteiger partial charge is 0.115 e. The van der Waals surface area contributed by atoms with Crippen LogP contribution in [-0.4, -0.2) is 92.0 Å². The summed E-state index contributed by atoms with van der Waals surface area (Å²) in [7, 11) is 65.0. The van der Waals surface area contributed by atoms with E-state index in [1.807, 2.05) is 34.9 Å². The van der Waals surface area contributed by atoms with Gasteiger partial charge in [-0.1, -0.05) is 82.5 Å². The summed E-state index contributed by atoms with van der Waals surface area (Å²) in [5.41, 5.74) is 12.1. The molecule has 61 heavy (non-hydrogen) atoms. The summed E-state index contributed by atoms with van der Waals surface area (Å²) in [5, 5.41) is 8.56. The molecule has 0 saturated carbocycles. The molecule has 0 fully saturated rings. The molecule has 13 heteroatoms. The molecule has 256 valence electrons. The van der Waals surface area contributed by atoms with E-state index < -0.39 is 0 Å². The maximum Gasteiger partial charge on any atom is 0.115 e. The van der Waals surface area contributed by atoms with Gasteiger partial charge in [-0.05, 0) is 65.7 Å². The Bertz CT molecular complexity index is 3890. The predicted molar refractivity (Wildman–Crippen MR) is 269 cm³/mol. The highest BCUT2D eigenvalue weighted by molar-refractivity contribution is 6.69. The lowest BCUT2D eigenvalue weighted by atomic mass is 9.61. The first-order chi connectivity index (χ1) is 29.5. The summed E-state index contributed by atoms with van der Waals surface area (Å²) in [5.74, 6) is 0. The Hall–Kier alpha value is -6.19. The Morgan fingerprint density at radius 3 is 1.28 bits per heavy atom. The quantitative estimate of drug-likeness (QED) is 0.236. The van der Waals surface area contributed by atoms with Gasteiger partial charge in [0.25, 0.3) is 0 Å². The minimum atomic E-state index is 0.168. The van der Waals surface area contributed by atoms with Gasteiger partial charge in [0.1, 0.15) is 78.5 Å². The van der Waals surface area contributed by atoms with Gasteiger partial charge < -0.3 is 13.5 Å². The molecule has 4 aromatic heterocycles. The van der Waals surface area contributed by atoms with Crippen molar-refractivity contribution in [1.29, 1.82) is 0 Å². The van der Waals surface area contributed by atoms with Crippen molar-refractivity contribution in [2.45, 2.75) is 0 Å². The van der Waals surface area contributed by atoms with E-state index in [1.54, 1.807) is 0 Å². The molecular formula is C48H19B10N3. The van der Waals surface area contributed by atoms with Crippen molar-refractivity contribution in [2.24, 2.45) is 0 Å². The zero-order valence-corrected chi connectivity index (χ0v) is 32.6. The Morgan fingerprint density at radius 2 is 0.672 bits per heavy atom. The van der Waals surface area contributed by atoms with Crippen LogP contribution in [-0.2, 0) is 0 Å². The van der Waals surface area contributed by atoms with Crippen molar-refractivity contribution < 1.29 is 0 Å². The van der Waals surface area contributed by atoms with Crippen LogP contribution in [0.15, 0.2) is 115 Å². The third-order valence-corrected chi connectivity index (χ3v) is 12.9. The number of nitrogens with zero attached hydrogens (tertiary/aromatic N) is 3. The molecule has 0 amide bonds. The lowest BCUT2D eigenvalue weighted by molar-refractivity contribution is 1.21. The van der Waals surface area contributed by atoms with Crippen molar-refractivity contribution in [3.05, 3.63) is 115 Å². The summed E-state index contributed by atoms with van der Waals surface area (Å²) in [6, 6.07) is 40.2. The SMILES string of the molecule is [B]c1c([B])c([B])c(-n2c3ccccc3c3cc(-c4cc5c6ccccc6n6c7ccc8c(c9ccccc9n8-c8c([B])c([B])c([B])c([B])c8[B])c7c(c4)c56)ccc32)c([B])c1[B]. The first-order valence-corrected chi connectivity index (χ1v) is 19.7. The van der Waals surface area contributed by atoms with Gasteiger partial charge in [0.15, 0.2) is 0 Å². The van der Waals surface area contributed by atoms with Gasteiger partial charge in [-0.25, -0.2) is 0 Å². The fourth-order valence-electron chi connectivity index (χ4n) is 10.0. The summed E-state index contributed by atoms with van der Waals surface area (Å²) in [6.45, 7) is 0. The van der Waals surface area contributed by atoms with E-state index in [-0.39, 0.29) is 54.6 Å². The number of hydrogen-bond donors (Lipinski definition) is 0. The largest absolute Gasteiger partial charge is 0.310 e. The van der Waals surface area contributed by atoms with Gasteiger partial charge in [-0.2, -0.15) is 0 Å². The summed E-state index contributed by atoms with van der Waals surface area (Å²) < 4.78 is 6.45. The Labute approximate surface area is 364 Å². The van der Waals surface area contributed by atoms with Crippen LogP contribution in [0.1, 0.15) is 0 Å². The molecule has 0 spiro atoms. The average molecular weight is 746 g/mol. The van der Waals surface area contributed by atoms with Crippen molar-refractivity contribution in [3.8, 4) is 22.5 Å². The van der Waals surface area contributed by atoms with Gasteiger partial charge >= 0.3 is 0 Å². The number of hydrogen-bond acceptors (Lipinski definition) is 0. The fraction of sp³-hybridized carbons (Fsp3) is 0. The van der Waals surface area contributed by atoms with E-state index in [4.69, 9.17) is 78.5 Å². The number of benzene rings is 8. The Balaban J connectivity index is 1.19. The highest BCUT2D eigenvalue weighted by Gasteiger charge is 2.25. The van der Waals surface area contributed by atoms with Gasteiger partial charge in [0.05, 0.1) is 38.6 Å². The van der Waals surface area contributed by atoms with E-state index in [0.29, 0.717) is 11.4 Å². The molecule has 0 aliphatic heterocycles. The van der Waals surface area contributed by atoms with Gasteiger partial charge in [-0.15, -0.1) is 32.8 Å². The van der Waals surface area contributed by atoms with Crippen LogP contribution < -0.4 is 54.6 Å². The second kappa shape index (κ2) is 12.7. The molecule has 0 saturated heterocycles. The average Bonchev–Trinajstić information content (AvgIpc) is 4.01. The summed E-state index contributed by atoms with van der Waals surface area (Å²) in [4.78, 5) is 0. The molecule has 0 aliphatic carbocycles. The predicted octanol–water partition coefficient (Wildman–Crippen LogP) is 0.636. The summed E-state index contributed by atoms with van der Waals surface area (Å²) >= 11 is 0. The highest BCUT2D eigenvalue weighted by atomic mass is 15.0. The third kappa shape index (κ3) is 4.62. The normalized spacial score (nSPS) is 12.3. The molecule has 0 atom stereocenters. The summed E-state index contributed by atoms with van der Waals surface area (Å²) in [6.07, 6.45) is 0. The van der Waals surface area contributed by atoms with Crippen LogP contribution in [0.4, 0.5) is 0 Å². The monoisotopic (exact) mass is 747 g/mol. The Morgan fingerprint density at radius 1 is 0.279 bits per heavy atom. The standard InChI is InChI=1S/C48H19B10N3/c49-36-38(51)42(55)47(43(56)39(36)52)59-28-10-4-1-7-22(28)25-17-20(13-14-31(25)59)21-18-26-23-8-2-5-11-29(23)60-33-16-15-32-34(35(33)27(19-21)46(26)60)24-9-3-6-12-30(24)61(32)48-44(57)40(53)37(50)41(54)45(48)58/h1-19H. The maximum absolute atomic E-state index is 6.75. The van der Waals surface area contributed by atoms with Crippen LogP contribution in [0.5, 0.6) is 0 Å². The van der Waals surface area contributed by atoms with Crippen molar-refractivity contribution in [2.75, 3.05) is 0 Å². The number of para-hydroxylation sites is 3. The van der Waals surface area contributed by atoms with Gasteiger partial charge in [0, 0.05) is 54.5 Å². The molecule has 0 bridgehead atoms. The molecule has 20 radical (unpaired) electrons. The van der Waals surface area contributed by atoms with Crippen LogP contribution >= 0.6 is 0 Å². The molecule has 0 aliphatic rings. The van der Waals surface area contributed by atoms with Crippen molar-refractivity contribution in [1.82, 2.24) is 13.5 Å². The molecule has 12 aromatic rings. The van der Waals surface area contributed by atoms with Crippen LogP contribution in [0.2, 0.25) is 0 Å². The first kappa shape index (κ1) is 36.6. The van der Waals surface area contributed by atoms with E-state index in [1.165, 1.54) is 0 Å². The first-order valence-electron chi connectivity index (χ1n) is 19.7. The number of fused-ring (bicyclic) bond motifs is 13. The molecule has 4 heterocycles. The molecule has 8 aromatic carbocycles. The van der Waals surface area contributed by atoms with Crippen LogP contribution in [0.3, 0.4) is 0 Å². The van der Waals surface area contributed by atoms with E-state index >= 15 is 0 Å². The minimum Gasteiger partial charge on any atom is -0.310 e. The third-order valence-electron chi connectivity index (χ3n) is 12.9. The van der Waals surface area contributed by atoms with Crippen molar-refractivity contribution in [3.63, 3.8) is 0 Å². The highest BCUT2D eigenvalue weighted by Crippen LogP contribution is 2.46. The lowest BCUT2D eigenvalue weighted by Gasteiger charge is -2.23. The zero-order valence-electron chi connectivity index (χ0n) is 32.6.